The smallest absolute Gasteiger partial charge is 0.165 e. The van der Waals surface area contributed by atoms with Crippen molar-refractivity contribution < 1.29 is 4.74 Å². The van der Waals surface area contributed by atoms with Crippen molar-refractivity contribution >= 4 is 0 Å². The van der Waals surface area contributed by atoms with E-state index in [1.807, 2.05) is 4.68 Å². The summed E-state index contributed by atoms with van der Waals surface area (Å²) >= 11 is 0. The van der Waals surface area contributed by atoms with E-state index in [1.54, 1.807) is 7.11 Å². The molecule has 2 rings (SSSR count). The average Bonchev–Trinajstić information content (AvgIpc) is 2.72. The first kappa shape index (κ1) is 14.4. The number of ether oxygens (including phenoxy) is 1. The number of tetrazole rings is 1. The Labute approximate surface area is 114 Å². The highest BCUT2D eigenvalue weighted by Crippen LogP contribution is 2.50. The molecule has 0 spiro atoms. The van der Waals surface area contributed by atoms with Crippen LogP contribution < -0.4 is 5.32 Å². The Kier molecular flexibility index (Phi) is 3.66. The third kappa shape index (κ3) is 2.79. The number of rotatable bonds is 4. The number of hydrogen-bond donors (Lipinski definition) is 1. The van der Waals surface area contributed by atoms with Crippen LogP contribution in [0.4, 0.5) is 0 Å². The molecule has 1 aliphatic rings. The van der Waals surface area contributed by atoms with E-state index in [2.05, 4.69) is 55.5 Å². The zero-order valence-corrected chi connectivity index (χ0v) is 12.8. The Morgan fingerprint density at radius 3 is 2.63 bits per heavy atom. The molecule has 1 fully saturated rings. The fourth-order valence-corrected chi connectivity index (χ4v) is 2.59. The van der Waals surface area contributed by atoms with Gasteiger partial charge in [-0.2, -0.15) is 0 Å². The lowest BCUT2D eigenvalue weighted by atomic mass is 9.64. The lowest BCUT2D eigenvalue weighted by Crippen LogP contribution is -2.52. The minimum absolute atomic E-state index is 0.0565. The second-order valence-corrected chi connectivity index (χ2v) is 6.94. The normalized spacial score (nSPS) is 26.2. The Hall–Kier alpha value is -1.01. The highest BCUT2D eigenvalue weighted by atomic mass is 16.5. The fourth-order valence-electron chi connectivity index (χ4n) is 2.59. The third-order valence-corrected chi connectivity index (χ3v) is 4.04. The van der Waals surface area contributed by atoms with Gasteiger partial charge in [0, 0.05) is 18.1 Å². The maximum Gasteiger partial charge on any atom is 0.165 e. The van der Waals surface area contributed by atoms with Crippen LogP contribution in [0, 0.1) is 5.41 Å². The van der Waals surface area contributed by atoms with Gasteiger partial charge in [0.1, 0.15) is 0 Å². The van der Waals surface area contributed by atoms with E-state index < -0.39 is 0 Å². The molecule has 108 valence electrons. The molecule has 2 unspecified atom stereocenters. The zero-order chi connectivity index (χ0) is 14.3. The largest absolute Gasteiger partial charge is 0.381 e. The van der Waals surface area contributed by atoms with E-state index in [1.165, 1.54) is 0 Å². The molecule has 19 heavy (non-hydrogen) atoms. The first-order valence-corrected chi connectivity index (χ1v) is 6.80. The van der Waals surface area contributed by atoms with Gasteiger partial charge < -0.3 is 10.1 Å². The van der Waals surface area contributed by atoms with E-state index >= 15 is 0 Å². The van der Waals surface area contributed by atoms with Crippen LogP contribution in [0.2, 0.25) is 0 Å². The summed E-state index contributed by atoms with van der Waals surface area (Å²) in [5.74, 6) is 0.891. The van der Waals surface area contributed by atoms with E-state index in [-0.39, 0.29) is 17.1 Å². The molecule has 1 aromatic rings. The van der Waals surface area contributed by atoms with Gasteiger partial charge in [-0.25, -0.2) is 4.68 Å². The number of nitrogens with one attached hydrogen (secondary N) is 1. The van der Waals surface area contributed by atoms with Crippen LogP contribution in [0.3, 0.4) is 0 Å². The van der Waals surface area contributed by atoms with Crippen molar-refractivity contribution in [2.45, 2.75) is 65.3 Å². The van der Waals surface area contributed by atoms with Gasteiger partial charge in [-0.1, -0.05) is 13.8 Å². The molecule has 1 heterocycles. The van der Waals surface area contributed by atoms with Crippen molar-refractivity contribution in [2.24, 2.45) is 5.41 Å². The summed E-state index contributed by atoms with van der Waals surface area (Å²) in [6, 6.07) is 0.309. The van der Waals surface area contributed by atoms with E-state index in [9.17, 15) is 0 Å². The van der Waals surface area contributed by atoms with Crippen LogP contribution in [-0.2, 0) is 11.3 Å². The summed E-state index contributed by atoms with van der Waals surface area (Å²) in [6.45, 7) is 11.5. The molecule has 6 heteroatoms. The van der Waals surface area contributed by atoms with Crippen LogP contribution in [0.5, 0.6) is 0 Å². The fraction of sp³-hybridized carbons (Fsp3) is 0.923. The predicted octanol–water partition coefficient (Wildman–Crippen LogP) is 1.55. The molecule has 1 aromatic heterocycles. The lowest BCUT2D eigenvalue weighted by Gasteiger charge is -2.50. The molecule has 0 saturated heterocycles. The van der Waals surface area contributed by atoms with Gasteiger partial charge in [-0.05, 0) is 37.6 Å². The van der Waals surface area contributed by atoms with E-state index in [4.69, 9.17) is 4.74 Å². The molecule has 1 N–H and O–H groups in total. The molecular formula is C13H25N5O. The van der Waals surface area contributed by atoms with Crippen molar-refractivity contribution in [3.8, 4) is 0 Å². The summed E-state index contributed by atoms with van der Waals surface area (Å²) in [5.41, 5.74) is 0.127. The number of aromatic nitrogens is 4. The van der Waals surface area contributed by atoms with E-state index in [0.29, 0.717) is 12.6 Å². The standard InChI is InChI=1S/C13H25N5O/c1-12(2,3)14-8-11-15-16-17-18(11)9-7-10(19-6)13(9,4)5/h9-10,14H,7-8H2,1-6H3. The number of methoxy groups -OCH3 is 1. The maximum atomic E-state index is 5.49. The average molecular weight is 267 g/mol. The first-order chi connectivity index (χ1) is 8.75. The zero-order valence-electron chi connectivity index (χ0n) is 12.8. The van der Waals surface area contributed by atoms with Gasteiger partial charge in [0.2, 0.25) is 0 Å². The van der Waals surface area contributed by atoms with Crippen molar-refractivity contribution in [1.82, 2.24) is 25.5 Å². The minimum Gasteiger partial charge on any atom is -0.381 e. The van der Waals surface area contributed by atoms with Crippen LogP contribution in [0.1, 0.15) is 52.9 Å². The quantitative estimate of drug-likeness (QED) is 0.896. The van der Waals surface area contributed by atoms with Gasteiger partial charge in [-0.15, -0.1) is 5.10 Å². The third-order valence-electron chi connectivity index (χ3n) is 4.04. The van der Waals surface area contributed by atoms with Gasteiger partial charge in [0.15, 0.2) is 5.82 Å². The molecule has 0 aliphatic heterocycles. The maximum absolute atomic E-state index is 5.49. The highest BCUT2D eigenvalue weighted by Gasteiger charge is 2.51. The lowest BCUT2D eigenvalue weighted by molar-refractivity contribution is -0.117. The molecule has 2 atom stereocenters. The van der Waals surface area contributed by atoms with Gasteiger partial charge >= 0.3 is 0 Å². The Balaban J connectivity index is 2.09. The Morgan fingerprint density at radius 2 is 2.11 bits per heavy atom. The molecule has 6 nitrogen and oxygen atoms in total. The number of hydrogen-bond acceptors (Lipinski definition) is 5. The van der Waals surface area contributed by atoms with Crippen LogP contribution >= 0.6 is 0 Å². The molecule has 1 aliphatic carbocycles. The summed E-state index contributed by atoms with van der Waals surface area (Å²) in [6.07, 6.45) is 1.25. The second kappa shape index (κ2) is 4.83. The van der Waals surface area contributed by atoms with Crippen molar-refractivity contribution in [3.63, 3.8) is 0 Å². The summed E-state index contributed by atoms with van der Waals surface area (Å²) < 4.78 is 7.44. The monoisotopic (exact) mass is 267 g/mol. The SMILES string of the molecule is COC1CC(n2nnnc2CNC(C)(C)C)C1(C)C. The predicted molar refractivity (Wildman–Crippen MR) is 72.6 cm³/mol. The van der Waals surface area contributed by atoms with Crippen LogP contribution in [0.25, 0.3) is 0 Å². The van der Waals surface area contributed by atoms with Gasteiger partial charge in [0.05, 0.1) is 18.7 Å². The van der Waals surface area contributed by atoms with Crippen LogP contribution in [0.15, 0.2) is 0 Å². The molecular weight excluding hydrogens is 242 g/mol. The second-order valence-electron chi connectivity index (χ2n) is 6.94. The highest BCUT2D eigenvalue weighted by molar-refractivity contribution is 5.03. The van der Waals surface area contributed by atoms with Gasteiger partial charge in [-0.3, -0.25) is 0 Å². The molecule has 0 amide bonds. The number of nitrogens with zero attached hydrogens (tertiary/aromatic N) is 4. The van der Waals surface area contributed by atoms with E-state index in [0.717, 1.165) is 12.2 Å². The molecule has 1 saturated carbocycles. The Morgan fingerprint density at radius 1 is 1.42 bits per heavy atom. The van der Waals surface area contributed by atoms with Crippen molar-refractivity contribution in [2.75, 3.05) is 7.11 Å². The topological polar surface area (TPSA) is 64.9 Å². The molecule has 0 bridgehead atoms. The Bertz CT molecular complexity index is 434. The van der Waals surface area contributed by atoms with Crippen LogP contribution in [-0.4, -0.2) is 39.0 Å². The van der Waals surface area contributed by atoms with Gasteiger partial charge in [0.25, 0.3) is 0 Å². The first-order valence-electron chi connectivity index (χ1n) is 6.80. The minimum atomic E-state index is 0.0565. The summed E-state index contributed by atoms with van der Waals surface area (Å²) in [4.78, 5) is 0. The van der Waals surface area contributed by atoms with Crippen molar-refractivity contribution in [1.29, 1.82) is 0 Å². The summed E-state index contributed by atoms with van der Waals surface area (Å²) in [7, 11) is 1.77. The summed E-state index contributed by atoms with van der Waals surface area (Å²) in [5, 5.41) is 15.6. The van der Waals surface area contributed by atoms with Crippen molar-refractivity contribution in [3.05, 3.63) is 5.82 Å². The molecule has 0 radical (unpaired) electrons. The molecule has 0 aromatic carbocycles.